The number of H-pyrrole nitrogens is 1. The Hall–Kier alpha value is -2.26. The van der Waals surface area contributed by atoms with Gasteiger partial charge in [0.05, 0.1) is 18.7 Å². The van der Waals surface area contributed by atoms with Crippen LogP contribution in [-0.4, -0.2) is 69.9 Å². The predicted octanol–water partition coefficient (Wildman–Crippen LogP) is 2.51. The molecule has 0 spiro atoms. The van der Waals surface area contributed by atoms with Gasteiger partial charge in [0.15, 0.2) is 5.82 Å². The van der Waals surface area contributed by atoms with Gasteiger partial charge < -0.3 is 9.64 Å². The fourth-order valence-corrected chi connectivity index (χ4v) is 3.73. The molecule has 1 aliphatic rings. The zero-order valence-corrected chi connectivity index (χ0v) is 16.1. The Kier molecular flexibility index (Phi) is 5.38. The minimum Gasteiger partial charge on any atom is -0.496 e. The monoisotopic (exact) mass is 395 g/mol. The van der Waals surface area contributed by atoms with Crippen LogP contribution in [0.4, 0.5) is 4.79 Å². The second-order valence-corrected chi connectivity index (χ2v) is 7.25. The smallest absolute Gasteiger partial charge is 0.326 e. The lowest BCUT2D eigenvalue weighted by Gasteiger charge is -2.35. The molecule has 1 atom stereocenters. The van der Waals surface area contributed by atoms with E-state index >= 15 is 0 Å². The normalized spacial score (nSPS) is 17.8. The highest BCUT2D eigenvalue weighted by Gasteiger charge is 2.34. The molecule has 2 heterocycles. The fraction of sp³-hybridized carbons (Fsp3) is 0.375. The number of carbonyl (C=O) groups is 2. The molecule has 1 saturated heterocycles. The number of urea groups is 1. The summed E-state index contributed by atoms with van der Waals surface area (Å²) in [6, 6.07) is 4.75. The van der Waals surface area contributed by atoms with Crippen molar-refractivity contribution in [2.75, 3.05) is 27.0 Å². The fourth-order valence-electron chi connectivity index (χ4n) is 2.61. The molecule has 1 aliphatic heterocycles. The summed E-state index contributed by atoms with van der Waals surface area (Å²) in [7, 11) is 4.75. The molecule has 10 heteroatoms. The number of hydrogen-bond donors (Lipinski definition) is 1. The van der Waals surface area contributed by atoms with Crippen molar-refractivity contribution in [1.82, 2.24) is 25.0 Å². The molecule has 0 bridgehead atoms. The third-order valence-electron chi connectivity index (χ3n) is 4.21. The minimum atomic E-state index is -0.300. The van der Waals surface area contributed by atoms with Crippen molar-refractivity contribution < 1.29 is 14.3 Å². The number of hydrogen-bond acceptors (Lipinski definition) is 6. The first-order chi connectivity index (χ1) is 12.4. The van der Waals surface area contributed by atoms with E-state index in [1.54, 1.807) is 37.3 Å². The number of ether oxygens (including phenoxy) is 1. The summed E-state index contributed by atoms with van der Waals surface area (Å²) in [5.41, 5.74) is 0.709. The number of amides is 3. The summed E-state index contributed by atoms with van der Waals surface area (Å²) < 4.78 is 5.33. The van der Waals surface area contributed by atoms with E-state index in [1.807, 2.05) is 0 Å². The number of methoxy groups -OCH3 is 1. The molecule has 3 rings (SSSR count). The Bertz CT molecular complexity index is 843. The van der Waals surface area contributed by atoms with Gasteiger partial charge in [-0.1, -0.05) is 23.4 Å². The summed E-state index contributed by atoms with van der Waals surface area (Å²) in [5.74, 6) is 1.51. The van der Waals surface area contributed by atoms with E-state index < -0.39 is 0 Å². The third kappa shape index (κ3) is 3.63. The van der Waals surface area contributed by atoms with Crippen molar-refractivity contribution in [3.63, 3.8) is 0 Å². The van der Waals surface area contributed by atoms with Crippen LogP contribution in [0.15, 0.2) is 23.4 Å². The number of rotatable bonds is 5. The summed E-state index contributed by atoms with van der Waals surface area (Å²) >= 11 is 7.43. The van der Waals surface area contributed by atoms with Crippen molar-refractivity contribution in [2.45, 2.75) is 17.6 Å². The highest BCUT2D eigenvalue weighted by atomic mass is 35.5. The Morgan fingerprint density at radius 1 is 1.38 bits per heavy atom. The van der Waals surface area contributed by atoms with Crippen LogP contribution in [-0.2, 0) is 4.79 Å². The molecule has 26 heavy (non-hydrogen) atoms. The number of nitrogens with one attached hydrogen (secondary N) is 1. The molecular weight excluding hydrogens is 378 g/mol. The van der Waals surface area contributed by atoms with Crippen LogP contribution in [0.1, 0.15) is 6.42 Å². The number of aromatic nitrogens is 3. The lowest BCUT2D eigenvalue weighted by molar-refractivity contribution is -0.130. The summed E-state index contributed by atoms with van der Waals surface area (Å²) in [5, 5.41) is 8.15. The molecule has 8 nitrogen and oxygen atoms in total. The molecule has 0 aliphatic carbocycles. The van der Waals surface area contributed by atoms with E-state index in [9.17, 15) is 9.59 Å². The van der Waals surface area contributed by atoms with Crippen LogP contribution in [0.3, 0.4) is 0 Å². The van der Waals surface area contributed by atoms with Gasteiger partial charge in [-0.25, -0.2) is 9.78 Å². The number of carbonyl (C=O) groups excluding carboxylic acids is 2. The lowest BCUT2D eigenvalue weighted by atomic mass is 10.1. The van der Waals surface area contributed by atoms with Crippen LogP contribution in [0.25, 0.3) is 11.4 Å². The first-order valence-electron chi connectivity index (χ1n) is 7.83. The number of imide groups is 1. The van der Waals surface area contributed by atoms with Gasteiger partial charge in [0.1, 0.15) is 5.75 Å². The summed E-state index contributed by atoms with van der Waals surface area (Å²) in [6.45, 7) is 0. The maximum Gasteiger partial charge on any atom is 0.326 e. The standard InChI is InChI=1S/C16H18ClN5O3S/c1-21-10(7-13(23)22(2)16(21)24)8-26-15-18-14(19-20-15)11-6-9(17)4-5-12(11)25-3/h4-6,10H,7-8H2,1-3H3,(H,18,19,20). The molecule has 1 fully saturated rings. The van der Waals surface area contributed by atoms with E-state index in [1.165, 1.54) is 18.8 Å². The zero-order chi connectivity index (χ0) is 18.8. The second kappa shape index (κ2) is 7.55. The van der Waals surface area contributed by atoms with E-state index in [-0.39, 0.29) is 24.4 Å². The van der Waals surface area contributed by atoms with Gasteiger partial charge in [-0.3, -0.25) is 14.8 Å². The molecule has 0 radical (unpaired) electrons. The summed E-state index contributed by atoms with van der Waals surface area (Å²) in [6.07, 6.45) is 0.283. The Labute approximate surface area is 159 Å². The van der Waals surface area contributed by atoms with Gasteiger partial charge in [-0.2, -0.15) is 0 Å². The maximum atomic E-state index is 12.0. The highest BCUT2D eigenvalue weighted by Crippen LogP contribution is 2.31. The largest absolute Gasteiger partial charge is 0.496 e. The first-order valence-corrected chi connectivity index (χ1v) is 9.19. The minimum absolute atomic E-state index is 0.182. The third-order valence-corrected chi connectivity index (χ3v) is 5.43. The van der Waals surface area contributed by atoms with Crippen molar-refractivity contribution in [2.24, 2.45) is 0 Å². The van der Waals surface area contributed by atoms with Crippen molar-refractivity contribution in [3.8, 4) is 17.1 Å². The number of halogens is 1. The average Bonchev–Trinajstić information content (AvgIpc) is 3.10. The highest BCUT2D eigenvalue weighted by molar-refractivity contribution is 7.99. The molecule has 1 aromatic heterocycles. The number of aromatic amines is 1. The van der Waals surface area contributed by atoms with Gasteiger partial charge >= 0.3 is 6.03 Å². The Morgan fingerprint density at radius 2 is 2.15 bits per heavy atom. The van der Waals surface area contributed by atoms with Crippen LogP contribution >= 0.6 is 23.4 Å². The van der Waals surface area contributed by atoms with E-state index in [4.69, 9.17) is 16.3 Å². The Balaban J connectivity index is 1.71. The summed E-state index contributed by atoms with van der Waals surface area (Å²) in [4.78, 5) is 31.0. The van der Waals surface area contributed by atoms with Gasteiger partial charge in [-0.05, 0) is 18.2 Å². The van der Waals surface area contributed by atoms with Gasteiger partial charge in [-0.15, -0.1) is 5.10 Å². The maximum absolute atomic E-state index is 12.0. The van der Waals surface area contributed by atoms with Gasteiger partial charge in [0, 0.05) is 31.3 Å². The predicted molar refractivity (Wildman–Crippen MR) is 98.4 cm³/mol. The molecule has 1 N–H and O–H groups in total. The molecule has 3 amide bonds. The van der Waals surface area contributed by atoms with Crippen molar-refractivity contribution in [1.29, 1.82) is 0 Å². The van der Waals surface area contributed by atoms with Gasteiger partial charge in [0.25, 0.3) is 0 Å². The van der Waals surface area contributed by atoms with E-state index in [0.717, 1.165) is 4.90 Å². The lowest BCUT2D eigenvalue weighted by Crippen LogP contribution is -2.54. The number of nitrogens with zero attached hydrogens (tertiary/aromatic N) is 4. The Morgan fingerprint density at radius 3 is 2.88 bits per heavy atom. The second-order valence-electron chi connectivity index (χ2n) is 5.83. The van der Waals surface area contributed by atoms with Gasteiger partial charge in [0.2, 0.25) is 11.1 Å². The first kappa shape index (κ1) is 18.5. The van der Waals surface area contributed by atoms with E-state index in [2.05, 4.69) is 15.2 Å². The molecular formula is C16H18ClN5O3S. The van der Waals surface area contributed by atoms with Crippen LogP contribution in [0.5, 0.6) is 5.75 Å². The van der Waals surface area contributed by atoms with Crippen LogP contribution < -0.4 is 4.74 Å². The topological polar surface area (TPSA) is 91.4 Å². The van der Waals surface area contributed by atoms with Crippen molar-refractivity contribution in [3.05, 3.63) is 23.2 Å². The van der Waals surface area contributed by atoms with Crippen molar-refractivity contribution >= 4 is 35.3 Å². The molecule has 0 saturated carbocycles. The average molecular weight is 396 g/mol. The number of benzene rings is 1. The molecule has 138 valence electrons. The quantitative estimate of drug-likeness (QED) is 0.782. The SMILES string of the molecule is COc1ccc(Cl)cc1-c1nc(SCC2CC(=O)N(C)C(=O)N2C)n[nH]1. The molecule has 1 aromatic carbocycles. The van der Waals surface area contributed by atoms with Crippen LogP contribution in [0.2, 0.25) is 5.02 Å². The number of thioether (sulfide) groups is 1. The van der Waals surface area contributed by atoms with Crippen LogP contribution in [0, 0.1) is 0 Å². The molecule has 1 unspecified atom stereocenters. The molecule has 2 aromatic rings. The zero-order valence-electron chi connectivity index (χ0n) is 14.5. The van der Waals surface area contributed by atoms with E-state index in [0.29, 0.717) is 33.1 Å².